The van der Waals surface area contributed by atoms with Crippen molar-refractivity contribution < 1.29 is 4.39 Å². The minimum Gasteiger partial charge on any atom is -0.277 e. The summed E-state index contributed by atoms with van der Waals surface area (Å²) in [4.78, 5) is 4.25. The first-order valence-electron chi connectivity index (χ1n) is 5.31. The van der Waals surface area contributed by atoms with Crippen LogP contribution in [0.4, 0.5) is 4.39 Å². The fourth-order valence-electron chi connectivity index (χ4n) is 1.85. The maximum absolute atomic E-state index is 12.9. The Morgan fingerprint density at radius 1 is 1.18 bits per heavy atom. The number of hydrogen-bond donors (Lipinski definition) is 1. The second-order valence-electron chi connectivity index (χ2n) is 3.95. The summed E-state index contributed by atoms with van der Waals surface area (Å²) < 4.78 is 12.9. The van der Waals surface area contributed by atoms with Crippen molar-refractivity contribution in [1.82, 2.24) is 15.2 Å². The van der Waals surface area contributed by atoms with E-state index in [2.05, 4.69) is 15.2 Å². The van der Waals surface area contributed by atoms with Crippen LogP contribution in [0.5, 0.6) is 0 Å². The van der Waals surface area contributed by atoms with Crippen LogP contribution in [0.1, 0.15) is 5.69 Å². The third kappa shape index (κ3) is 1.67. The van der Waals surface area contributed by atoms with Gasteiger partial charge in [0.2, 0.25) is 0 Å². The number of halogens is 1. The molecule has 0 atom stereocenters. The molecule has 0 bridgehead atoms. The van der Waals surface area contributed by atoms with E-state index in [9.17, 15) is 4.39 Å². The minimum absolute atomic E-state index is 0.248. The zero-order valence-corrected chi connectivity index (χ0v) is 9.24. The fourth-order valence-corrected chi connectivity index (χ4v) is 1.85. The standard InChI is InChI=1S/C13H10FN3/c1-8-6-12-11(7-15-8)13(17-16-12)9-2-4-10(14)5-3-9/h2-7H,1H3,(H,16,17). The summed E-state index contributed by atoms with van der Waals surface area (Å²) in [5, 5.41) is 8.15. The Labute approximate surface area is 97.3 Å². The summed E-state index contributed by atoms with van der Waals surface area (Å²) >= 11 is 0. The molecule has 1 aromatic carbocycles. The number of aromatic amines is 1. The smallest absolute Gasteiger partial charge is 0.123 e. The van der Waals surface area contributed by atoms with Gasteiger partial charge in [-0.15, -0.1) is 0 Å². The first kappa shape index (κ1) is 9.96. The molecule has 0 aliphatic carbocycles. The van der Waals surface area contributed by atoms with Gasteiger partial charge < -0.3 is 0 Å². The maximum atomic E-state index is 12.9. The molecule has 0 saturated carbocycles. The summed E-state index contributed by atoms with van der Waals surface area (Å²) in [6.45, 7) is 1.93. The third-order valence-electron chi connectivity index (χ3n) is 2.70. The highest BCUT2D eigenvalue weighted by molar-refractivity contribution is 5.92. The topological polar surface area (TPSA) is 41.6 Å². The molecule has 0 amide bonds. The maximum Gasteiger partial charge on any atom is 0.123 e. The monoisotopic (exact) mass is 227 g/mol. The van der Waals surface area contributed by atoms with Crippen molar-refractivity contribution >= 4 is 10.9 Å². The highest BCUT2D eigenvalue weighted by Crippen LogP contribution is 2.25. The summed E-state index contributed by atoms with van der Waals surface area (Å²) in [6.07, 6.45) is 1.78. The number of nitrogens with one attached hydrogen (secondary N) is 1. The van der Waals surface area contributed by atoms with E-state index >= 15 is 0 Å². The molecule has 0 aliphatic rings. The number of rotatable bonds is 1. The van der Waals surface area contributed by atoms with Gasteiger partial charge in [-0.05, 0) is 37.3 Å². The first-order valence-corrected chi connectivity index (χ1v) is 5.31. The van der Waals surface area contributed by atoms with Gasteiger partial charge in [-0.1, -0.05) is 0 Å². The third-order valence-corrected chi connectivity index (χ3v) is 2.70. The van der Waals surface area contributed by atoms with Crippen LogP contribution in [0.3, 0.4) is 0 Å². The average molecular weight is 227 g/mol. The molecule has 3 rings (SSSR count). The van der Waals surface area contributed by atoms with E-state index in [-0.39, 0.29) is 5.82 Å². The van der Waals surface area contributed by atoms with Gasteiger partial charge in [0, 0.05) is 22.8 Å². The van der Waals surface area contributed by atoms with Crippen molar-refractivity contribution in [3.63, 3.8) is 0 Å². The molecule has 2 heterocycles. The number of hydrogen-bond acceptors (Lipinski definition) is 2. The number of fused-ring (bicyclic) bond motifs is 1. The van der Waals surface area contributed by atoms with E-state index in [0.717, 1.165) is 27.9 Å². The van der Waals surface area contributed by atoms with Crippen LogP contribution in [0.25, 0.3) is 22.2 Å². The van der Waals surface area contributed by atoms with Crippen molar-refractivity contribution in [3.8, 4) is 11.3 Å². The lowest BCUT2D eigenvalue weighted by atomic mass is 10.1. The van der Waals surface area contributed by atoms with Crippen LogP contribution in [-0.2, 0) is 0 Å². The second-order valence-corrected chi connectivity index (χ2v) is 3.95. The number of H-pyrrole nitrogens is 1. The molecule has 0 spiro atoms. The molecule has 0 unspecified atom stereocenters. The van der Waals surface area contributed by atoms with E-state index in [1.165, 1.54) is 12.1 Å². The molecule has 17 heavy (non-hydrogen) atoms. The number of pyridine rings is 1. The van der Waals surface area contributed by atoms with Gasteiger partial charge in [0.25, 0.3) is 0 Å². The van der Waals surface area contributed by atoms with Crippen LogP contribution in [0, 0.1) is 12.7 Å². The second kappa shape index (κ2) is 3.66. The van der Waals surface area contributed by atoms with E-state index in [1.807, 2.05) is 13.0 Å². The van der Waals surface area contributed by atoms with Gasteiger partial charge in [-0.3, -0.25) is 10.1 Å². The molecule has 4 heteroatoms. The number of aromatic nitrogens is 3. The molecule has 3 nitrogen and oxygen atoms in total. The Hall–Kier alpha value is -2.23. The lowest BCUT2D eigenvalue weighted by Gasteiger charge is -1.97. The fraction of sp³-hybridized carbons (Fsp3) is 0.0769. The molecule has 0 radical (unpaired) electrons. The van der Waals surface area contributed by atoms with E-state index in [0.29, 0.717) is 0 Å². The van der Waals surface area contributed by atoms with E-state index < -0.39 is 0 Å². The quantitative estimate of drug-likeness (QED) is 0.694. The first-order chi connectivity index (χ1) is 8.24. The van der Waals surface area contributed by atoms with E-state index in [1.54, 1.807) is 18.3 Å². The Morgan fingerprint density at radius 3 is 2.71 bits per heavy atom. The molecule has 3 aromatic rings. The lowest BCUT2D eigenvalue weighted by Crippen LogP contribution is -1.81. The van der Waals surface area contributed by atoms with Crippen LogP contribution in [-0.4, -0.2) is 15.2 Å². The van der Waals surface area contributed by atoms with Crippen molar-refractivity contribution in [2.24, 2.45) is 0 Å². The molecule has 0 aliphatic heterocycles. The normalized spacial score (nSPS) is 10.9. The molecular formula is C13H10FN3. The number of aryl methyl sites for hydroxylation is 1. The molecule has 0 saturated heterocycles. The summed E-state index contributed by atoms with van der Waals surface area (Å²) in [6, 6.07) is 8.22. The van der Waals surface area contributed by atoms with Gasteiger partial charge in [0.15, 0.2) is 0 Å². The van der Waals surface area contributed by atoms with Crippen molar-refractivity contribution in [1.29, 1.82) is 0 Å². The van der Waals surface area contributed by atoms with Crippen LogP contribution in [0.2, 0.25) is 0 Å². The van der Waals surface area contributed by atoms with Gasteiger partial charge in [0.05, 0.1) is 5.52 Å². The van der Waals surface area contributed by atoms with Gasteiger partial charge in [-0.25, -0.2) is 4.39 Å². The molecule has 0 fully saturated rings. The van der Waals surface area contributed by atoms with Gasteiger partial charge in [-0.2, -0.15) is 5.10 Å². The number of nitrogens with zero attached hydrogens (tertiary/aromatic N) is 2. The zero-order valence-electron chi connectivity index (χ0n) is 9.24. The summed E-state index contributed by atoms with van der Waals surface area (Å²) in [7, 11) is 0. The predicted octanol–water partition coefficient (Wildman–Crippen LogP) is 3.07. The van der Waals surface area contributed by atoms with E-state index in [4.69, 9.17) is 0 Å². The van der Waals surface area contributed by atoms with Crippen LogP contribution in [0.15, 0.2) is 36.5 Å². The predicted molar refractivity (Wildman–Crippen MR) is 64.0 cm³/mol. The van der Waals surface area contributed by atoms with Gasteiger partial charge >= 0.3 is 0 Å². The van der Waals surface area contributed by atoms with Crippen LogP contribution >= 0.6 is 0 Å². The van der Waals surface area contributed by atoms with Gasteiger partial charge in [0.1, 0.15) is 11.5 Å². The Bertz CT molecular complexity index is 671. The highest BCUT2D eigenvalue weighted by atomic mass is 19.1. The van der Waals surface area contributed by atoms with Crippen molar-refractivity contribution in [2.75, 3.05) is 0 Å². The Morgan fingerprint density at radius 2 is 1.94 bits per heavy atom. The number of benzene rings is 1. The zero-order chi connectivity index (χ0) is 11.8. The lowest BCUT2D eigenvalue weighted by molar-refractivity contribution is 0.628. The highest BCUT2D eigenvalue weighted by Gasteiger charge is 2.08. The Kier molecular flexibility index (Phi) is 2.14. The average Bonchev–Trinajstić information content (AvgIpc) is 2.73. The molecule has 84 valence electrons. The summed E-state index contributed by atoms with van der Waals surface area (Å²) in [5.41, 5.74) is 3.56. The largest absolute Gasteiger partial charge is 0.277 e. The Balaban J connectivity index is 2.21. The van der Waals surface area contributed by atoms with Crippen molar-refractivity contribution in [2.45, 2.75) is 6.92 Å². The molecule has 2 aromatic heterocycles. The molecule has 1 N–H and O–H groups in total. The van der Waals surface area contributed by atoms with Crippen molar-refractivity contribution in [3.05, 3.63) is 48.0 Å². The van der Waals surface area contributed by atoms with Crippen LogP contribution < -0.4 is 0 Å². The molecular weight excluding hydrogens is 217 g/mol. The SMILES string of the molecule is Cc1cc2[nH]nc(-c3ccc(F)cc3)c2cn1. The summed E-state index contributed by atoms with van der Waals surface area (Å²) in [5.74, 6) is -0.248. The minimum atomic E-state index is -0.248.